The number of nitrogens with zero attached hydrogens (tertiary/aromatic N) is 3. The molecule has 0 unspecified atom stereocenters. The molecule has 2 aromatic carbocycles. The molecule has 0 bridgehead atoms. The third kappa shape index (κ3) is 4.02. The van der Waals surface area contributed by atoms with E-state index >= 15 is 0 Å². The topological polar surface area (TPSA) is 128 Å². The lowest BCUT2D eigenvalue weighted by Gasteiger charge is -2.20. The predicted molar refractivity (Wildman–Crippen MR) is 136 cm³/mol. The molecule has 4 aromatic rings. The van der Waals surface area contributed by atoms with Crippen LogP contribution in [0.2, 0.25) is 0 Å². The molecule has 0 fully saturated rings. The van der Waals surface area contributed by atoms with Crippen LogP contribution in [0.25, 0.3) is 15.9 Å². The van der Waals surface area contributed by atoms with Gasteiger partial charge in [-0.2, -0.15) is 4.68 Å². The number of methoxy groups -OCH3 is 1. The number of aryl methyl sites for hydroxylation is 1. The van der Waals surface area contributed by atoms with Gasteiger partial charge in [0.15, 0.2) is 5.16 Å². The molecule has 3 heterocycles. The standard InChI is InChI=1S/C23H17N5O5S2/c1-12-18-21(35-19(12)20(29)24-15-5-3-4-6-17(15)33-2)25-23-27(22(18)30)26-16(11-34-23)13-7-9-14(10-8-13)28(31)32/h3-11,26H,1-2H3,(H,24,29). The Morgan fingerprint density at radius 1 is 1.20 bits per heavy atom. The number of thioether (sulfide) groups is 1. The average Bonchev–Trinajstić information content (AvgIpc) is 3.20. The molecule has 0 spiro atoms. The highest BCUT2D eigenvalue weighted by Gasteiger charge is 2.24. The number of nitro benzene ring substituents is 1. The van der Waals surface area contributed by atoms with Gasteiger partial charge < -0.3 is 10.1 Å². The van der Waals surface area contributed by atoms with Gasteiger partial charge in [0.05, 0.1) is 33.7 Å². The van der Waals surface area contributed by atoms with Crippen molar-refractivity contribution in [1.82, 2.24) is 9.66 Å². The minimum absolute atomic E-state index is 0.0217. The zero-order valence-electron chi connectivity index (χ0n) is 18.4. The molecule has 1 aliphatic rings. The fourth-order valence-corrected chi connectivity index (χ4v) is 5.55. The largest absolute Gasteiger partial charge is 0.495 e. The molecule has 2 N–H and O–H groups in total. The quantitative estimate of drug-likeness (QED) is 0.228. The second-order valence-electron chi connectivity index (χ2n) is 7.49. The molecule has 35 heavy (non-hydrogen) atoms. The average molecular weight is 508 g/mol. The van der Waals surface area contributed by atoms with Gasteiger partial charge in [-0.25, -0.2) is 4.98 Å². The van der Waals surface area contributed by atoms with Gasteiger partial charge in [0.1, 0.15) is 10.6 Å². The number of para-hydroxylation sites is 2. The number of fused-ring (bicyclic) bond motifs is 2. The van der Waals surface area contributed by atoms with Crippen molar-refractivity contribution in [2.24, 2.45) is 0 Å². The van der Waals surface area contributed by atoms with Gasteiger partial charge in [-0.15, -0.1) is 11.3 Å². The summed E-state index contributed by atoms with van der Waals surface area (Å²) in [5.74, 6) is 0.168. The molecule has 0 aliphatic carbocycles. The van der Waals surface area contributed by atoms with E-state index in [9.17, 15) is 19.7 Å². The lowest BCUT2D eigenvalue weighted by molar-refractivity contribution is -0.384. The van der Waals surface area contributed by atoms with Crippen LogP contribution in [0.1, 0.15) is 20.8 Å². The number of carbonyl (C=O) groups is 1. The van der Waals surface area contributed by atoms with E-state index in [-0.39, 0.29) is 17.2 Å². The number of nitro groups is 1. The second-order valence-corrected chi connectivity index (χ2v) is 9.33. The molecule has 0 saturated heterocycles. The predicted octanol–water partition coefficient (Wildman–Crippen LogP) is 4.58. The molecule has 0 saturated carbocycles. The third-order valence-electron chi connectivity index (χ3n) is 5.40. The molecule has 176 valence electrons. The number of ether oxygens (including phenoxy) is 1. The number of rotatable bonds is 5. The van der Waals surface area contributed by atoms with Gasteiger partial charge in [0, 0.05) is 23.1 Å². The Morgan fingerprint density at radius 2 is 1.94 bits per heavy atom. The highest BCUT2D eigenvalue weighted by Crippen LogP contribution is 2.33. The number of nitrogens with one attached hydrogen (secondary N) is 2. The Hall–Kier alpha value is -4.16. The lowest BCUT2D eigenvalue weighted by Crippen LogP contribution is -2.32. The van der Waals surface area contributed by atoms with Gasteiger partial charge in [-0.05, 0) is 36.8 Å². The molecule has 2 aromatic heterocycles. The van der Waals surface area contributed by atoms with E-state index in [4.69, 9.17) is 4.74 Å². The zero-order chi connectivity index (χ0) is 24.7. The number of thiophene rings is 1. The van der Waals surface area contributed by atoms with Crippen molar-refractivity contribution in [3.63, 3.8) is 0 Å². The smallest absolute Gasteiger partial charge is 0.282 e. The number of non-ortho nitro benzene ring substituents is 1. The molecular weight excluding hydrogens is 490 g/mol. The van der Waals surface area contributed by atoms with E-state index in [0.717, 1.165) is 11.3 Å². The van der Waals surface area contributed by atoms with Gasteiger partial charge in [-0.1, -0.05) is 23.9 Å². The van der Waals surface area contributed by atoms with Crippen molar-refractivity contribution in [3.8, 4) is 5.75 Å². The number of anilines is 1. The van der Waals surface area contributed by atoms with Crippen molar-refractivity contribution in [1.29, 1.82) is 0 Å². The number of amides is 1. The van der Waals surface area contributed by atoms with E-state index in [0.29, 0.717) is 48.5 Å². The van der Waals surface area contributed by atoms with Crippen LogP contribution in [-0.2, 0) is 0 Å². The van der Waals surface area contributed by atoms with Crippen molar-refractivity contribution < 1.29 is 14.5 Å². The van der Waals surface area contributed by atoms with Gasteiger partial charge in [0.25, 0.3) is 17.2 Å². The van der Waals surface area contributed by atoms with Crippen molar-refractivity contribution in [2.45, 2.75) is 12.1 Å². The van der Waals surface area contributed by atoms with Crippen molar-refractivity contribution in [2.75, 3.05) is 17.9 Å². The van der Waals surface area contributed by atoms with Crippen LogP contribution in [0.4, 0.5) is 11.4 Å². The summed E-state index contributed by atoms with van der Waals surface area (Å²) in [5, 5.41) is 16.3. The summed E-state index contributed by atoms with van der Waals surface area (Å²) in [6.07, 6.45) is 0. The highest BCUT2D eigenvalue weighted by atomic mass is 32.2. The maximum Gasteiger partial charge on any atom is 0.282 e. The summed E-state index contributed by atoms with van der Waals surface area (Å²) in [6.45, 7) is 1.72. The van der Waals surface area contributed by atoms with Crippen molar-refractivity contribution in [3.05, 3.63) is 90.4 Å². The first-order valence-electron chi connectivity index (χ1n) is 10.3. The molecule has 5 rings (SSSR count). The van der Waals surface area contributed by atoms with Crippen LogP contribution in [0.5, 0.6) is 5.75 Å². The summed E-state index contributed by atoms with van der Waals surface area (Å²) in [5.41, 5.74) is 5.02. The Balaban J connectivity index is 1.48. The van der Waals surface area contributed by atoms with Crippen molar-refractivity contribution >= 4 is 56.3 Å². The third-order valence-corrected chi connectivity index (χ3v) is 7.42. The summed E-state index contributed by atoms with van der Waals surface area (Å²) in [4.78, 5) is 42.3. The van der Waals surface area contributed by atoms with Crippen LogP contribution < -0.4 is 21.0 Å². The summed E-state index contributed by atoms with van der Waals surface area (Å²) in [6, 6.07) is 13.1. The van der Waals surface area contributed by atoms with Crippen LogP contribution >= 0.6 is 23.1 Å². The van der Waals surface area contributed by atoms with Crippen LogP contribution in [0, 0.1) is 17.0 Å². The Kier molecular flexibility index (Phi) is 5.75. The second kappa shape index (κ2) is 8.89. The summed E-state index contributed by atoms with van der Waals surface area (Å²) < 4.78 is 6.62. The number of benzene rings is 2. The van der Waals surface area contributed by atoms with E-state index < -0.39 is 4.92 Å². The van der Waals surface area contributed by atoms with E-state index in [2.05, 4.69) is 15.7 Å². The normalized spacial score (nSPS) is 12.5. The van der Waals surface area contributed by atoms with Crippen LogP contribution in [0.3, 0.4) is 0 Å². The maximum atomic E-state index is 13.4. The monoisotopic (exact) mass is 507 g/mol. The van der Waals surface area contributed by atoms with E-state index in [1.165, 1.54) is 35.7 Å². The number of aromatic nitrogens is 2. The number of hydrogen-bond acceptors (Lipinski definition) is 9. The highest BCUT2D eigenvalue weighted by molar-refractivity contribution is 8.02. The summed E-state index contributed by atoms with van der Waals surface area (Å²) in [7, 11) is 1.52. The van der Waals surface area contributed by atoms with E-state index in [1.54, 1.807) is 48.7 Å². The lowest BCUT2D eigenvalue weighted by atomic mass is 10.1. The molecule has 0 atom stereocenters. The van der Waals surface area contributed by atoms with Crippen LogP contribution in [0.15, 0.2) is 63.9 Å². The minimum Gasteiger partial charge on any atom is -0.495 e. The zero-order valence-corrected chi connectivity index (χ0v) is 20.0. The summed E-state index contributed by atoms with van der Waals surface area (Å²) >= 11 is 2.40. The number of hydrogen-bond donors (Lipinski definition) is 2. The van der Waals surface area contributed by atoms with Gasteiger partial charge in [-0.3, -0.25) is 25.1 Å². The molecule has 1 aliphatic heterocycles. The maximum absolute atomic E-state index is 13.4. The first-order valence-corrected chi connectivity index (χ1v) is 12.0. The van der Waals surface area contributed by atoms with Gasteiger partial charge >= 0.3 is 0 Å². The number of carbonyl (C=O) groups excluding carboxylic acids is 1. The van der Waals surface area contributed by atoms with E-state index in [1.807, 2.05) is 0 Å². The minimum atomic E-state index is -0.470. The molecule has 12 heteroatoms. The Labute approximate surface area is 206 Å². The first kappa shape index (κ1) is 22.6. The van der Waals surface area contributed by atoms with Crippen LogP contribution in [-0.4, -0.2) is 27.6 Å². The first-order chi connectivity index (χ1) is 16.9. The molecular formula is C23H17N5O5S2. The Bertz CT molecular complexity index is 1590. The fraction of sp³-hybridized carbons (Fsp3) is 0.0870. The molecule has 0 radical (unpaired) electrons. The fourth-order valence-electron chi connectivity index (χ4n) is 3.64. The Morgan fingerprint density at radius 3 is 2.66 bits per heavy atom. The molecule has 10 nitrogen and oxygen atoms in total. The molecule has 1 amide bonds. The SMILES string of the molecule is COc1ccccc1NC(=O)c1sc2nc3n(c(=O)c2c1C)NC(c1ccc([N+](=O)[O-])cc1)=CS3. The van der Waals surface area contributed by atoms with Gasteiger partial charge in [0.2, 0.25) is 0 Å².